The molecule has 0 radical (unpaired) electrons. The van der Waals surface area contributed by atoms with Gasteiger partial charge in [-0.2, -0.15) is 0 Å². The van der Waals surface area contributed by atoms with E-state index in [2.05, 4.69) is 25.1 Å². The Kier molecular flexibility index (Phi) is 3.25. The first-order valence-corrected chi connectivity index (χ1v) is 5.82. The SMILES string of the molecule is Cc1ccc2c(c1)N(C(=O)CCN)CCC2. The maximum atomic E-state index is 11.9. The van der Waals surface area contributed by atoms with Gasteiger partial charge in [0, 0.05) is 25.2 Å². The molecule has 0 unspecified atom stereocenters. The number of benzene rings is 1. The van der Waals surface area contributed by atoms with Gasteiger partial charge in [0.25, 0.3) is 0 Å². The Bertz CT molecular complexity index is 401. The molecule has 3 heteroatoms. The smallest absolute Gasteiger partial charge is 0.228 e. The zero-order valence-corrected chi connectivity index (χ0v) is 9.70. The van der Waals surface area contributed by atoms with Crippen molar-refractivity contribution in [2.24, 2.45) is 5.73 Å². The van der Waals surface area contributed by atoms with Crippen molar-refractivity contribution in [3.05, 3.63) is 29.3 Å². The Morgan fingerprint density at radius 2 is 2.31 bits per heavy atom. The number of anilines is 1. The third-order valence-corrected chi connectivity index (χ3v) is 3.02. The van der Waals surface area contributed by atoms with Gasteiger partial charge in [-0.15, -0.1) is 0 Å². The van der Waals surface area contributed by atoms with Crippen LogP contribution in [-0.4, -0.2) is 19.0 Å². The molecule has 1 aromatic carbocycles. The predicted octanol–water partition coefficient (Wildman–Crippen LogP) is 1.62. The number of fused-ring (bicyclic) bond motifs is 1. The van der Waals surface area contributed by atoms with Gasteiger partial charge < -0.3 is 10.6 Å². The molecule has 0 bridgehead atoms. The molecule has 1 aliphatic rings. The first-order chi connectivity index (χ1) is 7.72. The Hall–Kier alpha value is -1.35. The van der Waals surface area contributed by atoms with Crippen molar-refractivity contribution in [1.29, 1.82) is 0 Å². The minimum Gasteiger partial charge on any atom is -0.330 e. The van der Waals surface area contributed by atoms with Crippen molar-refractivity contribution in [1.82, 2.24) is 0 Å². The summed E-state index contributed by atoms with van der Waals surface area (Å²) in [5.74, 6) is 0.147. The summed E-state index contributed by atoms with van der Waals surface area (Å²) >= 11 is 0. The van der Waals surface area contributed by atoms with Crippen molar-refractivity contribution in [3.8, 4) is 0 Å². The van der Waals surface area contributed by atoms with E-state index in [9.17, 15) is 4.79 Å². The fourth-order valence-electron chi connectivity index (χ4n) is 2.20. The molecule has 0 fully saturated rings. The van der Waals surface area contributed by atoms with Crippen LogP contribution in [0.15, 0.2) is 18.2 Å². The molecular weight excluding hydrogens is 200 g/mol. The van der Waals surface area contributed by atoms with Gasteiger partial charge in [-0.3, -0.25) is 4.79 Å². The predicted molar refractivity (Wildman–Crippen MR) is 65.5 cm³/mol. The molecule has 0 spiro atoms. The first-order valence-electron chi connectivity index (χ1n) is 5.82. The van der Waals surface area contributed by atoms with Crippen LogP contribution < -0.4 is 10.6 Å². The van der Waals surface area contributed by atoms with E-state index in [1.54, 1.807) is 0 Å². The molecule has 3 nitrogen and oxygen atoms in total. The number of carbonyl (C=O) groups is 1. The quantitative estimate of drug-likeness (QED) is 0.820. The van der Waals surface area contributed by atoms with Crippen LogP contribution in [0.25, 0.3) is 0 Å². The summed E-state index contributed by atoms with van der Waals surface area (Å²) in [6, 6.07) is 6.34. The van der Waals surface area contributed by atoms with Gasteiger partial charge >= 0.3 is 0 Å². The monoisotopic (exact) mass is 218 g/mol. The lowest BCUT2D eigenvalue weighted by molar-refractivity contribution is -0.118. The first kappa shape index (κ1) is 11.1. The topological polar surface area (TPSA) is 46.3 Å². The Labute approximate surface area is 96.2 Å². The molecule has 1 amide bonds. The van der Waals surface area contributed by atoms with Crippen molar-refractivity contribution in [3.63, 3.8) is 0 Å². The zero-order chi connectivity index (χ0) is 11.5. The van der Waals surface area contributed by atoms with Gasteiger partial charge in [0.15, 0.2) is 0 Å². The summed E-state index contributed by atoms with van der Waals surface area (Å²) in [6.07, 6.45) is 2.56. The molecule has 0 saturated carbocycles. The van der Waals surface area contributed by atoms with E-state index < -0.39 is 0 Å². The van der Waals surface area contributed by atoms with Gasteiger partial charge in [0.2, 0.25) is 5.91 Å². The minimum atomic E-state index is 0.147. The second-order valence-corrected chi connectivity index (χ2v) is 4.32. The molecular formula is C13H18N2O. The molecule has 1 aliphatic heterocycles. The van der Waals surface area contributed by atoms with E-state index in [1.165, 1.54) is 11.1 Å². The minimum absolute atomic E-state index is 0.147. The highest BCUT2D eigenvalue weighted by molar-refractivity contribution is 5.94. The molecule has 0 saturated heterocycles. The van der Waals surface area contributed by atoms with Crippen LogP contribution in [-0.2, 0) is 11.2 Å². The zero-order valence-electron chi connectivity index (χ0n) is 9.70. The third kappa shape index (κ3) is 2.09. The van der Waals surface area contributed by atoms with Gasteiger partial charge in [0.1, 0.15) is 0 Å². The number of rotatable bonds is 2. The van der Waals surface area contributed by atoms with Crippen LogP contribution in [0.1, 0.15) is 24.0 Å². The molecule has 2 rings (SSSR count). The van der Waals surface area contributed by atoms with Crippen LogP contribution in [0.4, 0.5) is 5.69 Å². The van der Waals surface area contributed by atoms with Crippen molar-refractivity contribution in [2.45, 2.75) is 26.2 Å². The number of nitrogens with zero attached hydrogens (tertiary/aromatic N) is 1. The maximum Gasteiger partial charge on any atom is 0.228 e. The number of nitrogens with two attached hydrogens (primary N) is 1. The maximum absolute atomic E-state index is 11.9. The average Bonchev–Trinajstić information content (AvgIpc) is 2.28. The highest BCUT2D eigenvalue weighted by Gasteiger charge is 2.21. The summed E-state index contributed by atoms with van der Waals surface area (Å²) in [6.45, 7) is 3.31. The number of aryl methyl sites for hydroxylation is 2. The van der Waals surface area contributed by atoms with E-state index in [-0.39, 0.29) is 5.91 Å². The molecule has 86 valence electrons. The van der Waals surface area contributed by atoms with Crippen molar-refractivity contribution < 1.29 is 4.79 Å². The van der Waals surface area contributed by atoms with E-state index in [4.69, 9.17) is 5.73 Å². The molecule has 16 heavy (non-hydrogen) atoms. The van der Waals surface area contributed by atoms with Gasteiger partial charge in [-0.25, -0.2) is 0 Å². The lowest BCUT2D eigenvalue weighted by Crippen LogP contribution is -2.36. The van der Waals surface area contributed by atoms with Crippen LogP contribution in [0.3, 0.4) is 0 Å². The van der Waals surface area contributed by atoms with Crippen LogP contribution in [0.5, 0.6) is 0 Å². The summed E-state index contributed by atoms with van der Waals surface area (Å²) in [5.41, 5.74) is 9.01. The Morgan fingerprint density at radius 3 is 3.06 bits per heavy atom. The van der Waals surface area contributed by atoms with Crippen molar-refractivity contribution in [2.75, 3.05) is 18.0 Å². The molecule has 0 atom stereocenters. The average molecular weight is 218 g/mol. The standard InChI is InChI=1S/C13H18N2O/c1-10-4-5-11-3-2-8-15(12(11)9-10)13(16)6-7-14/h4-5,9H,2-3,6-8,14H2,1H3. The van der Waals surface area contributed by atoms with Gasteiger partial charge in [0.05, 0.1) is 0 Å². The normalized spacial score (nSPS) is 14.8. The molecule has 0 aromatic heterocycles. The molecule has 2 N–H and O–H groups in total. The van der Waals surface area contributed by atoms with E-state index in [0.717, 1.165) is 25.1 Å². The second-order valence-electron chi connectivity index (χ2n) is 4.32. The summed E-state index contributed by atoms with van der Waals surface area (Å²) < 4.78 is 0. The van der Waals surface area contributed by atoms with E-state index in [0.29, 0.717) is 13.0 Å². The fraction of sp³-hybridized carbons (Fsp3) is 0.462. The number of carbonyl (C=O) groups excluding carboxylic acids is 1. The third-order valence-electron chi connectivity index (χ3n) is 3.02. The Balaban J connectivity index is 2.31. The number of amides is 1. The lowest BCUT2D eigenvalue weighted by Gasteiger charge is -2.29. The second kappa shape index (κ2) is 4.66. The van der Waals surface area contributed by atoms with Crippen LogP contribution in [0.2, 0.25) is 0 Å². The van der Waals surface area contributed by atoms with Gasteiger partial charge in [-0.05, 0) is 37.0 Å². The highest BCUT2D eigenvalue weighted by atomic mass is 16.2. The lowest BCUT2D eigenvalue weighted by atomic mass is 9.99. The summed E-state index contributed by atoms with van der Waals surface area (Å²) in [7, 11) is 0. The summed E-state index contributed by atoms with van der Waals surface area (Å²) in [5, 5.41) is 0. The van der Waals surface area contributed by atoms with Crippen LogP contribution >= 0.6 is 0 Å². The fourth-order valence-corrected chi connectivity index (χ4v) is 2.20. The molecule has 1 heterocycles. The Morgan fingerprint density at radius 1 is 1.50 bits per heavy atom. The molecule has 0 aliphatic carbocycles. The van der Waals surface area contributed by atoms with Crippen molar-refractivity contribution >= 4 is 11.6 Å². The van der Waals surface area contributed by atoms with E-state index in [1.807, 2.05) is 4.90 Å². The van der Waals surface area contributed by atoms with Crippen LogP contribution in [0, 0.1) is 6.92 Å². The highest BCUT2D eigenvalue weighted by Crippen LogP contribution is 2.28. The number of hydrogen-bond acceptors (Lipinski definition) is 2. The molecule has 1 aromatic rings. The number of hydrogen-bond donors (Lipinski definition) is 1. The van der Waals surface area contributed by atoms with E-state index >= 15 is 0 Å². The van der Waals surface area contributed by atoms with Gasteiger partial charge in [-0.1, -0.05) is 12.1 Å². The summed E-state index contributed by atoms with van der Waals surface area (Å²) in [4.78, 5) is 13.8. The largest absolute Gasteiger partial charge is 0.330 e.